The smallest absolute Gasteiger partial charge is 0.244 e. The minimum absolute atomic E-state index is 0.166. The first-order valence-electron chi connectivity index (χ1n) is 10.1. The summed E-state index contributed by atoms with van der Waals surface area (Å²) in [6.45, 7) is 5.45. The van der Waals surface area contributed by atoms with Gasteiger partial charge in [0.1, 0.15) is 5.82 Å². The van der Waals surface area contributed by atoms with E-state index in [0.717, 1.165) is 37.3 Å². The van der Waals surface area contributed by atoms with Crippen molar-refractivity contribution in [2.75, 3.05) is 32.1 Å². The second-order valence-corrected chi connectivity index (χ2v) is 7.36. The van der Waals surface area contributed by atoms with Crippen molar-refractivity contribution in [3.05, 3.63) is 59.6 Å². The highest BCUT2D eigenvalue weighted by molar-refractivity contribution is 5.55. The first-order chi connectivity index (χ1) is 14.2. The van der Waals surface area contributed by atoms with E-state index in [1.165, 1.54) is 11.1 Å². The zero-order valence-electron chi connectivity index (χ0n) is 17.0. The van der Waals surface area contributed by atoms with Crippen LogP contribution in [0.5, 0.6) is 0 Å². The Morgan fingerprint density at radius 2 is 2.14 bits per heavy atom. The summed E-state index contributed by atoms with van der Waals surface area (Å²) in [5.74, 6) is 2.07. The molecule has 1 saturated heterocycles. The molecule has 4 rings (SSSR count). The number of pyridine rings is 1. The molecule has 1 fully saturated rings. The Hall–Kier alpha value is -2.77. The van der Waals surface area contributed by atoms with E-state index in [9.17, 15) is 0 Å². The maximum absolute atomic E-state index is 5.65. The largest absolute Gasteiger partial charge is 0.383 e. The molecule has 1 N–H and O–H groups in total. The normalized spacial score (nSPS) is 17.0. The van der Waals surface area contributed by atoms with Crippen LogP contribution in [-0.4, -0.2) is 46.8 Å². The van der Waals surface area contributed by atoms with E-state index in [2.05, 4.69) is 56.5 Å². The van der Waals surface area contributed by atoms with E-state index >= 15 is 0 Å². The van der Waals surface area contributed by atoms with Crippen LogP contribution < -0.4 is 5.32 Å². The van der Waals surface area contributed by atoms with Crippen LogP contribution >= 0.6 is 0 Å². The van der Waals surface area contributed by atoms with Gasteiger partial charge in [0.25, 0.3) is 0 Å². The number of hydrogen-bond acceptors (Lipinski definition) is 7. The van der Waals surface area contributed by atoms with E-state index in [1.54, 1.807) is 13.3 Å². The molecule has 0 amide bonds. The van der Waals surface area contributed by atoms with Gasteiger partial charge in [0.05, 0.1) is 12.6 Å². The van der Waals surface area contributed by atoms with Gasteiger partial charge in [-0.05, 0) is 49.6 Å². The second-order valence-electron chi connectivity index (χ2n) is 7.36. The van der Waals surface area contributed by atoms with Gasteiger partial charge in [-0.2, -0.15) is 4.98 Å². The third-order valence-corrected chi connectivity index (χ3v) is 5.36. The predicted octanol–water partition coefficient (Wildman–Crippen LogP) is 3.84. The van der Waals surface area contributed by atoms with Gasteiger partial charge in [0.15, 0.2) is 0 Å². The third-order valence-electron chi connectivity index (χ3n) is 5.36. The molecule has 1 aromatic carbocycles. The lowest BCUT2D eigenvalue weighted by atomic mass is 10.1. The van der Waals surface area contributed by atoms with Crippen LogP contribution in [0.3, 0.4) is 0 Å². The summed E-state index contributed by atoms with van der Waals surface area (Å²) in [4.78, 5) is 11.5. The van der Waals surface area contributed by atoms with Crippen LogP contribution in [-0.2, 0) is 11.3 Å². The Bertz CT molecular complexity index is 925. The lowest BCUT2D eigenvalue weighted by Crippen LogP contribution is -2.23. The molecule has 29 heavy (non-hydrogen) atoms. The highest BCUT2D eigenvalue weighted by Gasteiger charge is 2.31. The Morgan fingerprint density at radius 3 is 2.93 bits per heavy atom. The minimum atomic E-state index is 0.166. The number of nitrogens with one attached hydrogen (secondary N) is 1. The van der Waals surface area contributed by atoms with Crippen molar-refractivity contribution in [2.24, 2.45) is 0 Å². The molecule has 0 spiro atoms. The molecule has 3 aromatic rings. The topological polar surface area (TPSA) is 76.3 Å². The molecule has 1 aliphatic heterocycles. The first kappa shape index (κ1) is 19.5. The number of ether oxygens (including phenoxy) is 1. The highest BCUT2D eigenvalue weighted by Crippen LogP contribution is 2.33. The molecule has 0 unspecified atom stereocenters. The van der Waals surface area contributed by atoms with Crippen LogP contribution in [0.15, 0.2) is 47.1 Å². The summed E-state index contributed by atoms with van der Waals surface area (Å²) in [6, 6.07) is 12.6. The fourth-order valence-corrected chi connectivity index (χ4v) is 3.70. The second kappa shape index (κ2) is 9.15. The number of benzene rings is 1. The summed E-state index contributed by atoms with van der Waals surface area (Å²) in [5, 5.41) is 7.40. The van der Waals surface area contributed by atoms with Crippen molar-refractivity contribution in [1.82, 2.24) is 20.0 Å². The fraction of sp³-hybridized carbons (Fsp3) is 0.409. The van der Waals surface area contributed by atoms with Gasteiger partial charge in [-0.1, -0.05) is 29.4 Å². The van der Waals surface area contributed by atoms with Gasteiger partial charge in [-0.25, -0.2) is 4.98 Å². The average molecular weight is 393 g/mol. The predicted molar refractivity (Wildman–Crippen MR) is 111 cm³/mol. The monoisotopic (exact) mass is 393 g/mol. The molecule has 0 aliphatic carbocycles. The Balaban J connectivity index is 1.44. The molecular formula is C22H27N5O2. The fourth-order valence-electron chi connectivity index (χ4n) is 3.70. The van der Waals surface area contributed by atoms with Gasteiger partial charge in [0, 0.05) is 32.0 Å². The van der Waals surface area contributed by atoms with E-state index < -0.39 is 0 Å². The molecule has 7 heteroatoms. The quantitative estimate of drug-likeness (QED) is 0.583. The lowest BCUT2D eigenvalue weighted by molar-refractivity contribution is 0.201. The molecule has 152 valence electrons. The van der Waals surface area contributed by atoms with Crippen molar-refractivity contribution in [3.8, 4) is 11.4 Å². The Labute approximate surface area is 171 Å². The Kier molecular flexibility index (Phi) is 6.17. The van der Waals surface area contributed by atoms with Crippen LogP contribution in [0, 0.1) is 6.92 Å². The van der Waals surface area contributed by atoms with Gasteiger partial charge >= 0.3 is 0 Å². The van der Waals surface area contributed by atoms with Crippen LogP contribution in [0.2, 0.25) is 0 Å². The van der Waals surface area contributed by atoms with E-state index in [1.807, 2.05) is 12.1 Å². The van der Waals surface area contributed by atoms with Crippen molar-refractivity contribution in [3.63, 3.8) is 0 Å². The number of aromatic nitrogens is 3. The third kappa shape index (κ3) is 4.63. The summed E-state index contributed by atoms with van der Waals surface area (Å²) in [6.07, 6.45) is 3.94. The standard InChI is InChI=1S/C22H27N5O2/c1-16-6-3-4-7-18(16)15-27-12-5-8-19(27)22-25-21(26-29-22)17-9-10-20(24-14-17)23-11-13-28-2/h3-4,6-7,9-10,14,19H,5,8,11-13,15H2,1-2H3,(H,23,24)/t19-/m0/s1. The molecule has 7 nitrogen and oxygen atoms in total. The van der Waals surface area contributed by atoms with Crippen LogP contribution in [0.4, 0.5) is 5.82 Å². The van der Waals surface area contributed by atoms with E-state index in [0.29, 0.717) is 24.9 Å². The van der Waals surface area contributed by atoms with Crippen molar-refractivity contribution < 1.29 is 9.26 Å². The molecule has 0 saturated carbocycles. The van der Waals surface area contributed by atoms with Crippen LogP contribution in [0.1, 0.15) is 35.9 Å². The lowest BCUT2D eigenvalue weighted by Gasteiger charge is -2.22. The van der Waals surface area contributed by atoms with Crippen molar-refractivity contribution in [2.45, 2.75) is 32.4 Å². The average Bonchev–Trinajstić information content (AvgIpc) is 3.40. The number of hydrogen-bond donors (Lipinski definition) is 1. The molecule has 3 heterocycles. The zero-order chi connectivity index (χ0) is 20.1. The van der Waals surface area contributed by atoms with Crippen molar-refractivity contribution in [1.29, 1.82) is 0 Å². The SMILES string of the molecule is COCCNc1ccc(-c2noc([C@@H]3CCCN3Cc3ccccc3C)n2)cn1. The minimum Gasteiger partial charge on any atom is -0.383 e. The summed E-state index contributed by atoms with van der Waals surface area (Å²) < 4.78 is 10.7. The Morgan fingerprint density at radius 1 is 1.24 bits per heavy atom. The van der Waals surface area contributed by atoms with Crippen LogP contribution in [0.25, 0.3) is 11.4 Å². The highest BCUT2D eigenvalue weighted by atomic mass is 16.5. The van der Waals surface area contributed by atoms with Gasteiger partial charge in [-0.15, -0.1) is 0 Å². The molecule has 0 bridgehead atoms. The summed E-state index contributed by atoms with van der Waals surface area (Å²) >= 11 is 0. The van der Waals surface area contributed by atoms with Gasteiger partial charge in [0.2, 0.25) is 11.7 Å². The number of methoxy groups -OCH3 is 1. The zero-order valence-corrected chi connectivity index (χ0v) is 17.0. The number of anilines is 1. The van der Waals surface area contributed by atoms with Crippen molar-refractivity contribution >= 4 is 5.82 Å². The number of likely N-dealkylation sites (tertiary alicyclic amines) is 1. The maximum atomic E-state index is 5.65. The maximum Gasteiger partial charge on any atom is 0.244 e. The van der Waals surface area contributed by atoms with E-state index in [4.69, 9.17) is 9.26 Å². The molecule has 1 aliphatic rings. The summed E-state index contributed by atoms with van der Waals surface area (Å²) in [5.41, 5.74) is 3.51. The number of aryl methyl sites for hydroxylation is 1. The molecule has 0 radical (unpaired) electrons. The molecule has 1 atom stereocenters. The first-order valence-corrected chi connectivity index (χ1v) is 10.1. The van der Waals surface area contributed by atoms with Gasteiger partial charge in [-0.3, -0.25) is 4.90 Å². The number of nitrogens with zero attached hydrogens (tertiary/aromatic N) is 4. The van der Waals surface area contributed by atoms with Gasteiger partial charge < -0.3 is 14.6 Å². The number of rotatable bonds is 8. The molecular weight excluding hydrogens is 366 g/mol. The summed E-state index contributed by atoms with van der Waals surface area (Å²) in [7, 11) is 1.68. The molecule has 2 aromatic heterocycles. The van der Waals surface area contributed by atoms with E-state index in [-0.39, 0.29) is 6.04 Å².